The van der Waals surface area contributed by atoms with Crippen molar-refractivity contribution in [2.45, 2.75) is 32.2 Å². The lowest BCUT2D eigenvalue weighted by molar-refractivity contribution is -0.132. The Morgan fingerprint density at radius 2 is 1.61 bits per heavy atom. The van der Waals surface area contributed by atoms with Gasteiger partial charge in [-0.2, -0.15) is 0 Å². The van der Waals surface area contributed by atoms with Gasteiger partial charge in [0.2, 0.25) is 0 Å². The van der Waals surface area contributed by atoms with Crippen molar-refractivity contribution in [2.24, 2.45) is 0 Å². The second kappa shape index (κ2) is 8.49. The maximum atomic E-state index is 14.1. The molecule has 0 aliphatic carbocycles. The van der Waals surface area contributed by atoms with Gasteiger partial charge in [-0.25, -0.2) is 4.39 Å². The van der Waals surface area contributed by atoms with Gasteiger partial charge in [-0.1, -0.05) is 56.6 Å². The lowest BCUT2D eigenvalue weighted by Gasteiger charge is -2.26. The van der Waals surface area contributed by atoms with E-state index in [0.29, 0.717) is 21.8 Å². The Morgan fingerprint density at radius 1 is 0.970 bits per heavy atom. The number of hydrogen-bond acceptors (Lipinski definition) is 3. The molecule has 1 heterocycles. The summed E-state index contributed by atoms with van der Waals surface area (Å²) >= 11 is 5.95. The Labute approximate surface area is 196 Å². The van der Waals surface area contributed by atoms with Crippen LogP contribution < -0.4 is 4.90 Å². The van der Waals surface area contributed by atoms with E-state index >= 15 is 0 Å². The first-order valence-corrected chi connectivity index (χ1v) is 10.9. The third-order valence-corrected chi connectivity index (χ3v) is 5.99. The summed E-state index contributed by atoms with van der Waals surface area (Å²) in [5, 5.41) is 11.5. The first kappa shape index (κ1) is 22.7. The van der Waals surface area contributed by atoms with Gasteiger partial charge in [0, 0.05) is 16.3 Å². The predicted molar refractivity (Wildman–Crippen MR) is 128 cm³/mol. The fourth-order valence-corrected chi connectivity index (χ4v) is 4.10. The monoisotopic (exact) mass is 463 g/mol. The van der Waals surface area contributed by atoms with E-state index in [1.54, 1.807) is 42.5 Å². The number of anilines is 1. The Morgan fingerprint density at radius 3 is 2.18 bits per heavy atom. The van der Waals surface area contributed by atoms with Crippen molar-refractivity contribution >= 4 is 34.7 Å². The first-order valence-electron chi connectivity index (χ1n) is 10.5. The molecular weight excluding hydrogens is 441 g/mol. The quantitative estimate of drug-likeness (QED) is 0.277. The van der Waals surface area contributed by atoms with Crippen LogP contribution in [0.2, 0.25) is 5.02 Å². The summed E-state index contributed by atoms with van der Waals surface area (Å²) in [7, 11) is 0. The van der Waals surface area contributed by atoms with Crippen molar-refractivity contribution in [1.29, 1.82) is 0 Å². The zero-order valence-electron chi connectivity index (χ0n) is 18.5. The second-order valence-corrected chi connectivity index (χ2v) is 9.46. The molecule has 0 saturated carbocycles. The molecule has 0 aromatic heterocycles. The SMILES string of the molecule is CC(C)(C)c1ccc(N2C(=O)C(=O)/C(=C(/O)c3ccc(Cl)cc3)C2c2cccc(F)c2)cc1. The molecular formula is C27H23ClFNO3. The van der Waals surface area contributed by atoms with Crippen LogP contribution in [0.15, 0.2) is 78.4 Å². The lowest BCUT2D eigenvalue weighted by atomic mass is 9.87. The minimum Gasteiger partial charge on any atom is -0.507 e. The first-order chi connectivity index (χ1) is 15.6. The Bertz CT molecular complexity index is 1260. The number of carbonyl (C=O) groups excluding carboxylic acids is 2. The van der Waals surface area contributed by atoms with Crippen LogP contribution in [0.25, 0.3) is 5.76 Å². The standard InChI is InChI=1S/C27H23ClFNO3/c1-27(2,3)18-9-13-21(14-10-18)30-23(17-5-4-6-20(29)15-17)22(25(32)26(30)33)24(31)16-7-11-19(28)12-8-16/h4-15,23,31H,1-3H3/b24-22+. The van der Waals surface area contributed by atoms with Crippen LogP contribution in [0, 0.1) is 5.82 Å². The summed E-state index contributed by atoms with van der Waals surface area (Å²) in [5.41, 5.74) is 2.06. The number of Topliss-reactive ketones (excluding diaryl/α,β-unsaturated/α-hetero) is 1. The van der Waals surface area contributed by atoms with E-state index in [-0.39, 0.29) is 16.7 Å². The Hall–Kier alpha value is -3.44. The molecule has 33 heavy (non-hydrogen) atoms. The van der Waals surface area contributed by atoms with E-state index in [0.717, 1.165) is 5.56 Å². The minimum absolute atomic E-state index is 0.0940. The minimum atomic E-state index is -0.989. The number of ketones is 1. The van der Waals surface area contributed by atoms with Gasteiger partial charge >= 0.3 is 0 Å². The van der Waals surface area contributed by atoms with E-state index in [1.807, 2.05) is 12.1 Å². The number of amides is 1. The van der Waals surface area contributed by atoms with Crippen molar-refractivity contribution in [3.05, 3.63) is 106 Å². The molecule has 1 aliphatic rings. The molecule has 4 nitrogen and oxygen atoms in total. The summed E-state index contributed by atoms with van der Waals surface area (Å²) in [6.45, 7) is 6.23. The highest BCUT2D eigenvalue weighted by Crippen LogP contribution is 2.42. The van der Waals surface area contributed by atoms with Gasteiger partial charge in [0.1, 0.15) is 11.6 Å². The number of aliphatic hydroxyl groups excluding tert-OH is 1. The maximum absolute atomic E-state index is 14.1. The fraction of sp³-hybridized carbons (Fsp3) is 0.185. The molecule has 6 heteroatoms. The summed E-state index contributed by atoms with van der Waals surface area (Å²) in [6, 6.07) is 18.3. The summed E-state index contributed by atoms with van der Waals surface area (Å²) < 4.78 is 14.1. The topological polar surface area (TPSA) is 57.6 Å². The average molecular weight is 464 g/mol. The molecule has 1 aliphatic heterocycles. The Kier molecular flexibility index (Phi) is 5.85. The molecule has 1 saturated heterocycles. The largest absolute Gasteiger partial charge is 0.507 e. The van der Waals surface area contributed by atoms with Gasteiger partial charge in [0.05, 0.1) is 11.6 Å². The van der Waals surface area contributed by atoms with Gasteiger partial charge in [-0.3, -0.25) is 14.5 Å². The van der Waals surface area contributed by atoms with Gasteiger partial charge in [0.25, 0.3) is 11.7 Å². The highest BCUT2D eigenvalue weighted by molar-refractivity contribution is 6.51. The van der Waals surface area contributed by atoms with Crippen LogP contribution in [0.1, 0.15) is 43.5 Å². The molecule has 168 valence electrons. The van der Waals surface area contributed by atoms with Crippen LogP contribution in [0.5, 0.6) is 0 Å². The number of nitrogens with zero attached hydrogens (tertiary/aromatic N) is 1. The molecule has 0 radical (unpaired) electrons. The van der Waals surface area contributed by atoms with Crippen LogP contribution in [-0.2, 0) is 15.0 Å². The van der Waals surface area contributed by atoms with Gasteiger partial charge in [0.15, 0.2) is 0 Å². The fourth-order valence-electron chi connectivity index (χ4n) is 3.98. The zero-order valence-corrected chi connectivity index (χ0v) is 19.2. The van der Waals surface area contributed by atoms with Gasteiger partial charge in [-0.15, -0.1) is 0 Å². The van der Waals surface area contributed by atoms with Crippen LogP contribution in [0.4, 0.5) is 10.1 Å². The number of benzene rings is 3. The molecule has 1 fully saturated rings. The zero-order chi connectivity index (χ0) is 23.9. The molecule has 0 spiro atoms. The van der Waals surface area contributed by atoms with Crippen molar-refractivity contribution in [3.8, 4) is 0 Å². The maximum Gasteiger partial charge on any atom is 0.300 e. The molecule has 4 rings (SSSR count). The van der Waals surface area contributed by atoms with Crippen molar-refractivity contribution in [3.63, 3.8) is 0 Å². The van der Waals surface area contributed by atoms with Crippen molar-refractivity contribution in [2.75, 3.05) is 4.90 Å². The molecule has 1 atom stereocenters. The highest BCUT2D eigenvalue weighted by atomic mass is 35.5. The molecule has 1 unspecified atom stereocenters. The van der Waals surface area contributed by atoms with Crippen LogP contribution >= 0.6 is 11.6 Å². The molecule has 1 amide bonds. The van der Waals surface area contributed by atoms with Gasteiger partial charge < -0.3 is 5.11 Å². The third-order valence-electron chi connectivity index (χ3n) is 5.74. The van der Waals surface area contributed by atoms with E-state index in [4.69, 9.17) is 11.6 Å². The third kappa shape index (κ3) is 4.29. The highest BCUT2D eigenvalue weighted by Gasteiger charge is 2.47. The smallest absolute Gasteiger partial charge is 0.300 e. The second-order valence-electron chi connectivity index (χ2n) is 9.03. The van der Waals surface area contributed by atoms with E-state index in [9.17, 15) is 19.1 Å². The Balaban J connectivity index is 1.91. The lowest BCUT2D eigenvalue weighted by Crippen LogP contribution is -2.29. The molecule has 1 N–H and O–H groups in total. The van der Waals surface area contributed by atoms with Crippen molar-refractivity contribution in [1.82, 2.24) is 0 Å². The molecule has 3 aromatic rings. The number of hydrogen-bond donors (Lipinski definition) is 1. The number of aliphatic hydroxyl groups is 1. The number of carbonyl (C=O) groups is 2. The van der Waals surface area contributed by atoms with Crippen LogP contribution in [0.3, 0.4) is 0 Å². The number of halogens is 2. The summed E-state index contributed by atoms with van der Waals surface area (Å²) in [5.74, 6) is -2.47. The molecule has 3 aromatic carbocycles. The van der Waals surface area contributed by atoms with E-state index < -0.39 is 23.5 Å². The summed E-state index contributed by atoms with van der Waals surface area (Å²) in [4.78, 5) is 27.6. The van der Waals surface area contributed by atoms with Crippen molar-refractivity contribution < 1.29 is 19.1 Å². The normalized spacial score (nSPS) is 18.1. The van der Waals surface area contributed by atoms with Crippen LogP contribution in [-0.4, -0.2) is 16.8 Å². The molecule has 0 bridgehead atoms. The van der Waals surface area contributed by atoms with E-state index in [1.165, 1.54) is 23.1 Å². The average Bonchev–Trinajstić information content (AvgIpc) is 3.04. The van der Waals surface area contributed by atoms with Gasteiger partial charge in [-0.05, 0) is 65.1 Å². The number of rotatable bonds is 3. The summed E-state index contributed by atoms with van der Waals surface area (Å²) in [6.07, 6.45) is 0. The van der Waals surface area contributed by atoms with E-state index in [2.05, 4.69) is 20.8 Å². The predicted octanol–water partition coefficient (Wildman–Crippen LogP) is 6.40.